The Balaban J connectivity index is 2.39. The molecule has 2 rings (SSSR count). The van der Waals surface area contributed by atoms with Crippen molar-refractivity contribution in [2.75, 3.05) is 6.54 Å². The highest BCUT2D eigenvalue weighted by Gasteiger charge is 2.33. The molecule has 1 aliphatic heterocycles. The summed E-state index contributed by atoms with van der Waals surface area (Å²) in [6, 6.07) is 0.383. The van der Waals surface area contributed by atoms with E-state index in [1.165, 1.54) is 12.2 Å². The third-order valence-electron chi connectivity index (χ3n) is 3.80. The van der Waals surface area contributed by atoms with Gasteiger partial charge in [-0.2, -0.15) is 0 Å². The number of rotatable bonds is 2. The average Bonchev–Trinajstić information content (AvgIpc) is 2.47. The highest BCUT2D eigenvalue weighted by Crippen LogP contribution is 2.36. The maximum Gasteiger partial charge on any atom is 0.126 e. The number of nitrogens with one attached hydrogen (secondary N) is 1. The monoisotopic (exact) mass is 221 g/mol. The standard InChI is InChI=1S/C13H23N3/c1-5-13(3,4)11-12-15-10(2)9-16(12)8-6-7-14-11/h9,11,14H,5-8H2,1-4H3. The van der Waals surface area contributed by atoms with Gasteiger partial charge in [0.05, 0.1) is 11.7 Å². The van der Waals surface area contributed by atoms with E-state index < -0.39 is 0 Å². The molecular weight excluding hydrogens is 198 g/mol. The summed E-state index contributed by atoms with van der Waals surface area (Å²) in [5, 5.41) is 3.66. The Hall–Kier alpha value is -0.830. The van der Waals surface area contributed by atoms with Gasteiger partial charge in [-0.1, -0.05) is 20.8 Å². The molecule has 90 valence electrons. The molecule has 0 saturated heterocycles. The van der Waals surface area contributed by atoms with Crippen LogP contribution in [0.2, 0.25) is 0 Å². The molecule has 1 aromatic rings. The minimum atomic E-state index is 0.264. The van der Waals surface area contributed by atoms with Gasteiger partial charge in [0.25, 0.3) is 0 Å². The summed E-state index contributed by atoms with van der Waals surface area (Å²) in [7, 11) is 0. The van der Waals surface area contributed by atoms with Gasteiger partial charge >= 0.3 is 0 Å². The maximum atomic E-state index is 4.71. The van der Waals surface area contributed by atoms with E-state index in [-0.39, 0.29) is 5.41 Å². The van der Waals surface area contributed by atoms with Crippen molar-refractivity contribution >= 4 is 0 Å². The quantitative estimate of drug-likeness (QED) is 0.832. The number of aryl methyl sites for hydroxylation is 2. The molecule has 16 heavy (non-hydrogen) atoms. The fourth-order valence-electron chi connectivity index (χ4n) is 2.39. The van der Waals surface area contributed by atoms with E-state index in [2.05, 4.69) is 43.8 Å². The highest BCUT2D eigenvalue weighted by atomic mass is 15.1. The van der Waals surface area contributed by atoms with E-state index in [0.717, 1.165) is 25.2 Å². The molecule has 1 unspecified atom stereocenters. The highest BCUT2D eigenvalue weighted by molar-refractivity contribution is 5.10. The Kier molecular flexibility index (Phi) is 3.06. The van der Waals surface area contributed by atoms with E-state index in [9.17, 15) is 0 Å². The summed E-state index contributed by atoms with van der Waals surface area (Å²) in [5.41, 5.74) is 1.40. The lowest BCUT2D eigenvalue weighted by molar-refractivity contribution is 0.229. The van der Waals surface area contributed by atoms with E-state index in [4.69, 9.17) is 4.98 Å². The topological polar surface area (TPSA) is 29.9 Å². The third kappa shape index (κ3) is 2.01. The molecule has 1 aromatic heterocycles. The van der Waals surface area contributed by atoms with Crippen molar-refractivity contribution < 1.29 is 0 Å². The molecule has 1 aliphatic rings. The van der Waals surface area contributed by atoms with Crippen molar-refractivity contribution in [1.29, 1.82) is 0 Å². The summed E-state index contributed by atoms with van der Waals surface area (Å²) in [6.45, 7) is 11.2. The zero-order valence-corrected chi connectivity index (χ0v) is 10.9. The van der Waals surface area contributed by atoms with Crippen molar-refractivity contribution in [3.05, 3.63) is 17.7 Å². The number of nitrogens with zero attached hydrogens (tertiary/aromatic N) is 2. The Bertz CT molecular complexity index is 365. The van der Waals surface area contributed by atoms with E-state index in [1.54, 1.807) is 0 Å². The Morgan fingerprint density at radius 1 is 1.56 bits per heavy atom. The van der Waals surface area contributed by atoms with Crippen LogP contribution in [0.25, 0.3) is 0 Å². The molecule has 1 N–H and O–H groups in total. The van der Waals surface area contributed by atoms with Gasteiger partial charge in [0.1, 0.15) is 5.82 Å². The van der Waals surface area contributed by atoms with Gasteiger partial charge < -0.3 is 9.88 Å². The summed E-state index contributed by atoms with van der Waals surface area (Å²) in [4.78, 5) is 4.71. The first-order valence-corrected chi connectivity index (χ1v) is 6.31. The summed E-state index contributed by atoms with van der Waals surface area (Å²) < 4.78 is 2.33. The summed E-state index contributed by atoms with van der Waals surface area (Å²) in [5.74, 6) is 1.22. The molecule has 0 saturated carbocycles. The van der Waals surface area contributed by atoms with Gasteiger partial charge in [-0.25, -0.2) is 4.98 Å². The molecular formula is C13H23N3. The van der Waals surface area contributed by atoms with Crippen molar-refractivity contribution in [3.63, 3.8) is 0 Å². The molecule has 0 aliphatic carbocycles. The molecule has 2 heterocycles. The predicted octanol–water partition coefficient (Wildman–Crippen LogP) is 2.66. The molecule has 0 aromatic carbocycles. The molecule has 0 bridgehead atoms. The van der Waals surface area contributed by atoms with Crippen LogP contribution in [0.1, 0.15) is 51.2 Å². The van der Waals surface area contributed by atoms with Crippen LogP contribution in [0.5, 0.6) is 0 Å². The minimum Gasteiger partial charge on any atom is -0.333 e. The van der Waals surface area contributed by atoms with Crippen LogP contribution in [0.4, 0.5) is 0 Å². The Labute approximate surface area is 98.3 Å². The zero-order chi connectivity index (χ0) is 11.8. The van der Waals surface area contributed by atoms with Crippen LogP contribution in [-0.2, 0) is 6.54 Å². The second-order valence-corrected chi connectivity index (χ2v) is 5.52. The first-order chi connectivity index (χ1) is 7.54. The third-order valence-corrected chi connectivity index (χ3v) is 3.80. The summed E-state index contributed by atoms with van der Waals surface area (Å²) in [6.07, 6.45) is 4.54. The lowest BCUT2D eigenvalue weighted by Crippen LogP contribution is -2.34. The fourth-order valence-corrected chi connectivity index (χ4v) is 2.39. The molecule has 0 radical (unpaired) electrons. The molecule has 0 fully saturated rings. The molecule has 3 nitrogen and oxygen atoms in total. The van der Waals surface area contributed by atoms with Crippen LogP contribution in [0.3, 0.4) is 0 Å². The first kappa shape index (κ1) is 11.6. The van der Waals surface area contributed by atoms with Gasteiger partial charge in [0, 0.05) is 12.7 Å². The average molecular weight is 221 g/mol. The van der Waals surface area contributed by atoms with Gasteiger partial charge in [0.2, 0.25) is 0 Å². The van der Waals surface area contributed by atoms with Crippen LogP contribution in [0.15, 0.2) is 6.20 Å². The SMILES string of the molecule is CCC(C)(C)C1NCCCn2cc(C)nc21. The number of fused-ring (bicyclic) bond motifs is 1. The molecule has 1 atom stereocenters. The number of hydrogen-bond donors (Lipinski definition) is 1. The molecule has 0 spiro atoms. The van der Waals surface area contributed by atoms with E-state index >= 15 is 0 Å². The Morgan fingerprint density at radius 2 is 2.31 bits per heavy atom. The zero-order valence-electron chi connectivity index (χ0n) is 10.9. The van der Waals surface area contributed by atoms with Crippen LogP contribution in [-0.4, -0.2) is 16.1 Å². The normalized spacial score (nSPS) is 21.6. The lowest BCUT2D eigenvalue weighted by atomic mass is 9.81. The van der Waals surface area contributed by atoms with Crippen LogP contribution >= 0.6 is 0 Å². The minimum absolute atomic E-state index is 0.264. The second kappa shape index (κ2) is 4.21. The van der Waals surface area contributed by atoms with Gasteiger partial charge in [-0.05, 0) is 31.7 Å². The van der Waals surface area contributed by atoms with Gasteiger partial charge in [0.15, 0.2) is 0 Å². The fraction of sp³-hybridized carbons (Fsp3) is 0.769. The van der Waals surface area contributed by atoms with Crippen molar-refractivity contribution in [1.82, 2.24) is 14.9 Å². The first-order valence-electron chi connectivity index (χ1n) is 6.31. The van der Waals surface area contributed by atoms with Crippen LogP contribution < -0.4 is 5.32 Å². The molecule has 3 heteroatoms. The largest absolute Gasteiger partial charge is 0.333 e. The smallest absolute Gasteiger partial charge is 0.126 e. The summed E-state index contributed by atoms with van der Waals surface area (Å²) >= 11 is 0. The van der Waals surface area contributed by atoms with E-state index in [0.29, 0.717) is 6.04 Å². The second-order valence-electron chi connectivity index (χ2n) is 5.52. The number of imidazole rings is 1. The van der Waals surface area contributed by atoms with Crippen molar-refractivity contribution in [3.8, 4) is 0 Å². The van der Waals surface area contributed by atoms with Gasteiger partial charge in [-0.15, -0.1) is 0 Å². The molecule has 0 amide bonds. The Morgan fingerprint density at radius 3 is 3.00 bits per heavy atom. The van der Waals surface area contributed by atoms with Crippen molar-refractivity contribution in [2.45, 2.75) is 53.1 Å². The number of hydrogen-bond acceptors (Lipinski definition) is 2. The van der Waals surface area contributed by atoms with E-state index in [1.807, 2.05) is 0 Å². The van der Waals surface area contributed by atoms with Crippen molar-refractivity contribution in [2.24, 2.45) is 5.41 Å². The maximum absolute atomic E-state index is 4.71. The van der Waals surface area contributed by atoms with Gasteiger partial charge in [-0.3, -0.25) is 0 Å². The number of aromatic nitrogens is 2. The lowest BCUT2D eigenvalue weighted by Gasteiger charge is -2.32. The van der Waals surface area contributed by atoms with Crippen LogP contribution in [0, 0.1) is 12.3 Å². The predicted molar refractivity (Wildman–Crippen MR) is 66.4 cm³/mol.